The highest BCUT2D eigenvalue weighted by Gasteiger charge is 2.35. The lowest BCUT2D eigenvalue weighted by Crippen LogP contribution is -2.57. The lowest BCUT2D eigenvalue weighted by Gasteiger charge is -2.36. The van der Waals surface area contributed by atoms with Crippen LogP contribution in [0.2, 0.25) is 0 Å². The zero-order chi connectivity index (χ0) is 26.2. The molecule has 1 aliphatic rings. The zero-order valence-corrected chi connectivity index (χ0v) is 20.7. The topological polar surface area (TPSA) is 167 Å². The molecular formula is C24H33N7O5. The van der Waals surface area contributed by atoms with Gasteiger partial charge in [-0.3, -0.25) is 19.7 Å². The van der Waals surface area contributed by atoms with Crippen molar-refractivity contribution in [2.24, 2.45) is 5.73 Å². The second kappa shape index (κ2) is 12.4. The maximum atomic E-state index is 12.9. The third-order valence-corrected chi connectivity index (χ3v) is 6.04. The van der Waals surface area contributed by atoms with E-state index in [1.807, 2.05) is 13.8 Å². The fourth-order valence-electron chi connectivity index (χ4n) is 4.15. The molecule has 194 valence electrons. The Kier molecular flexibility index (Phi) is 9.25. The van der Waals surface area contributed by atoms with Crippen LogP contribution in [0.3, 0.4) is 0 Å². The SMILES string of the molecule is CCC(CC)O[C@@H]1C=C(C(=O)NCc2cn(Cc3cccc([N+](=O)[O-])c3)nn2)C[C@H](N)[C@H]1NC(C)=O. The standard InChI is InChI=1S/C24H33N7O5/c1-4-20(5-2)36-22-11-17(10-21(25)23(22)27-15(3)32)24(33)26-12-18-14-30(29-28-18)13-16-7-6-8-19(9-16)31(34)35/h6-9,11,14,20-23H,4-5,10,12-13,25H2,1-3H3,(H,26,33)(H,27,32)/t21-,22+,23+/m0/s1. The minimum absolute atomic E-state index is 0.00582. The molecule has 1 aromatic heterocycles. The summed E-state index contributed by atoms with van der Waals surface area (Å²) in [6.07, 6.45) is 4.78. The van der Waals surface area contributed by atoms with Gasteiger partial charge < -0.3 is 21.1 Å². The van der Waals surface area contributed by atoms with E-state index >= 15 is 0 Å². The fourth-order valence-corrected chi connectivity index (χ4v) is 4.15. The van der Waals surface area contributed by atoms with Crippen molar-refractivity contribution in [2.45, 2.75) is 77.4 Å². The van der Waals surface area contributed by atoms with E-state index in [4.69, 9.17) is 10.5 Å². The Hall–Kier alpha value is -3.64. The van der Waals surface area contributed by atoms with Gasteiger partial charge in [0.1, 0.15) is 5.69 Å². The number of rotatable bonds is 11. The molecule has 12 heteroatoms. The van der Waals surface area contributed by atoms with Crippen LogP contribution in [0.15, 0.2) is 42.1 Å². The summed E-state index contributed by atoms with van der Waals surface area (Å²) in [5.74, 6) is -0.499. The van der Waals surface area contributed by atoms with Crippen LogP contribution in [-0.2, 0) is 27.4 Å². The molecule has 0 bridgehead atoms. The number of amides is 2. The van der Waals surface area contributed by atoms with E-state index in [0.29, 0.717) is 29.8 Å². The molecular weight excluding hydrogens is 466 g/mol. The predicted octanol–water partition coefficient (Wildman–Crippen LogP) is 1.59. The van der Waals surface area contributed by atoms with Gasteiger partial charge in [-0.1, -0.05) is 31.2 Å². The zero-order valence-electron chi connectivity index (χ0n) is 20.7. The van der Waals surface area contributed by atoms with Crippen molar-refractivity contribution in [1.29, 1.82) is 0 Å². The molecule has 2 aromatic rings. The first-order chi connectivity index (χ1) is 17.2. The molecule has 0 radical (unpaired) electrons. The van der Waals surface area contributed by atoms with E-state index in [1.54, 1.807) is 29.1 Å². The number of aromatic nitrogens is 3. The monoisotopic (exact) mass is 499 g/mol. The van der Waals surface area contributed by atoms with Crippen LogP contribution in [0.5, 0.6) is 0 Å². The lowest BCUT2D eigenvalue weighted by atomic mass is 9.87. The van der Waals surface area contributed by atoms with E-state index < -0.39 is 23.1 Å². The number of non-ortho nitro benzene ring substituents is 1. The van der Waals surface area contributed by atoms with E-state index in [1.165, 1.54) is 19.1 Å². The number of hydrogen-bond donors (Lipinski definition) is 3. The highest BCUT2D eigenvalue weighted by molar-refractivity contribution is 5.93. The molecule has 0 fully saturated rings. The number of hydrogen-bond acceptors (Lipinski definition) is 8. The van der Waals surface area contributed by atoms with Crippen molar-refractivity contribution in [2.75, 3.05) is 0 Å². The largest absolute Gasteiger partial charge is 0.369 e. The van der Waals surface area contributed by atoms with Crippen LogP contribution >= 0.6 is 0 Å². The summed E-state index contributed by atoms with van der Waals surface area (Å²) in [5, 5.41) is 24.8. The molecule has 3 atom stereocenters. The van der Waals surface area contributed by atoms with Crippen molar-refractivity contribution in [3.63, 3.8) is 0 Å². The van der Waals surface area contributed by atoms with Gasteiger partial charge in [-0.25, -0.2) is 4.68 Å². The van der Waals surface area contributed by atoms with Crippen molar-refractivity contribution in [1.82, 2.24) is 25.6 Å². The molecule has 0 saturated carbocycles. The number of benzene rings is 1. The number of nitro benzene ring substituents is 1. The minimum Gasteiger partial charge on any atom is -0.369 e. The van der Waals surface area contributed by atoms with Crippen LogP contribution in [0.4, 0.5) is 5.69 Å². The van der Waals surface area contributed by atoms with Crippen molar-refractivity contribution in [3.8, 4) is 0 Å². The smallest absolute Gasteiger partial charge is 0.269 e. The van der Waals surface area contributed by atoms with Crippen molar-refractivity contribution < 1.29 is 19.2 Å². The molecule has 0 unspecified atom stereocenters. The van der Waals surface area contributed by atoms with E-state index in [2.05, 4.69) is 20.9 Å². The van der Waals surface area contributed by atoms with Gasteiger partial charge in [-0.15, -0.1) is 5.10 Å². The first-order valence-electron chi connectivity index (χ1n) is 12.0. The molecule has 1 aromatic carbocycles. The van der Waals surface area contributed by atoms with E-state index in [9.17, 15) is 19.7 Å². The van der Waals surface area contributed by atoms with Crippen LogP contribution in [0.25, 0.3) is 0 Å². The van der Waals surface area contributed by atoms with E-state index in [-0.39, 0.29) is 30.2 Å². The molecule has 4 N–H and O–H groups in total. The van der Waals surface area contributed by atoms with Gasteiger partial charge in [0, 0.05) is 30.7 Å². The summed E-state index contributed by atoms with van der Waals surface area (Å²) in [6, 6.07) is 5.39. The Morgan fingerprint density at radius 2 is 2.08 bits per heavy atom. The molecule has 1 aliphatic carbocycles. The first-order valence-corrected chi connectivity index (χ1v) is 12.0. The Morgan fingerprint density at radius 3 is 2.75 bits per heavy atom. The number of carbonyl (C=O) groups is 2. The number of ether oxygens (including phenoxy) is 1. The maximum absolute atomic E-state index is 12.9. The van der Waals surface area contributed by atoms with E-state index in [0.717, 1.165) is 12.8 Å². The summed E-state index contributed by atoms with van der Waals surface area (Å²) >= 11 is 0. The number of carbonyl (C=O) groups excluding carboxylic acids is 2. The number of nitrogens with two attached hydrogens (primary N) is 1. The third-order valence-electron chi connectivity index (χ3n) is 6.04. The number of nitrogens with one attached hydrogen (secondary N) is 2. The van der Waals surface area contributed by atoms with Crippen LogP contribution in [-0.4, -0.2) is 56.0 Å². The molecule has 1 heterocycles. The maximum Gasteiger partial charge on any atom is 0.269 e. The highest BCUT2D eigenvalue weighted by atomic mass is 16.6. The predicted molar refractivity (Wildman–Crippen MR) is 132 cm³/mol. The van der Waals surface area contributed by atoms with Gasteiger partial charge in [-0.05, 0) is 30.9 Å². The Balaban J connectivity index is 1.64. The summed E-state index contributed by atoms with van der Waals surface area (Å²) in [7, 11) is 0. The molecule has 0 spiro atoms. The number of nitro groups is 1. The second-order valence-corrected chi connectivity index (χ2v) is 8.84. The van der Waals surface area contributed by atoms with Gasteiger partial charge in [0.05, 0.1) is 42.5 Å². The molecule has 0 aliphatic heterocycles. The summed E-state index contributed by atoms with van der Waals surface area (Å²) < 4.78 is 7.73. The Bertz CT molecular complexity index is 1110. The average molecular weight is 500 g/mol. The molecule has 12 nitrogen and oxygen atoms in total. The Labute approximate surface area is 209 Å². The second-order valence-electron chi connectivity index (χ2n) is 8.84. The minimum atomic E-state index is -0.515. The molecule has 2 amide bonds. The van der Waals surface area contributed by atoms with Crippen molar-refractivity contribution >= 4 is 17.5 Å². The third kappa shape index (κ3) is 7.18. The van der Waals surface area contributed by atoms with Crippen molar-refractivity contribution in [3.05, 3.63) is 63.5 Å². The van der Waals surface area contributed by atoms with Gasteiger partial charge in [0.2, 0.25) is 11.8 Å². The summed E-state index contributed by atoms with van der Waals surface area (Å²) in [5.41, 5.74) is 8.08. The summed E-state index contributed by atoms with van der Waals surface area (Å²) in [4.78, 5) is 35.1. The van der Waals surface area contributed by atoms with Gasteiger partial charge in [0.25, 0.3) is 5.69 Å². The molecule has 0 saturated heterocycles. The molecule has 3 rings (SSSR count). The van der Waals surface area contributed by atoms with Crippen LogP contribution in [0, 0.1) is 10.1 Å². The summed E-state index contributed by atoms with van der Waals surface area (Å²) in [6.45, 7) is 5.93. The molecule has 36 heavy (non-hydrogen) atoms. The normalized spacial score (nSPS) is 19.6. The highest BCUT2D eigenvalue weighted by Crippen LogP contribution is 2.23. The lowest BCUT2D eigenvalue weighted by molar-refractivity contribution is -0.384. The van der Waals surface area contributed by atoms with Crippen LogP contribution < -0.4 is 16.4 Å². The average Bonchev–Trinajstić information content (AvgIpc) is 3.29. The van der Waals surface area contributed by atoms with Gasteiger partial charge >= 0.3 is 0 Å². The Morgan fingerprint density at radius 1 is 1.33 bits per heavy atom. The number of nitrogens with zero attached hydrogens (tertiary/aromatic N) is 4. The first kappa shape index (κ1) is 27.0. The van der Waals surface area contributed by atoms with Crippen LogP contribution in [0.1, 0.15) is 51.3 Å². The van der Waals surface area contributed by atoms with Gasteiger partial charge in [-0.2, -0.15) is 0 Å². The fraction of sp³-hybridized carbons (Fsp3) is 0.500. The van der Waals surface area contributed by atoms with Gasteiger partial charge in [0.15, 0.2) is 0 Å². The quantitative estimate of drug-likeness (QED) is 0.309.